The van der Waals surface area contributed by atoms with Crippen LogP contribution in [0.5, 0.6) is 0 Å². The van der Waals surface area contributed by atoms with Gasteiger partial charge in [0.15, 0.2) is 4.75 Å². The molecule has 6 nitrogen and oxygen atoms in total. The maximum absolute atomic E-state index is 12.7. The quantitative estimate of drug-likeness (QED) is 0.849. The zero-order valence-corrected chi connectivity index (χ0v) is 14.0. The van der Waals surface area contributed by atoms with Gasteiger partial charge in [-0.2, -0.15) is 5.10 Å². The Hall–Kier alpha value is -2.28. The van der Waals surface area contributed by atoms with Crippen molar-refractivity contribution in [2.45, 2.75) is 36.5 Å². The van der Waals surface area contributed by atoms with E-state index in [2.05, 4.69) is 15.7 Å². The highest BCUT2D eigenvalue weighted by atomic mass is 32.2. The first kappa shape index (κ1) is 15.6. The van der Waals surface area contributed by atoms with Gasteiger partial charge in [-0.05, 0) is 32.9 Å². The molecule has 23 heavy (non-hydrogen) atoms. The van der Waals surface area contributed by atoms with E-state index >= 15 is 0 Å². The standard InChI is InChI=1S/C16H18N4O2S/c1-10(2)20-9-11(8-17-20)18-14(21)16(3)15(22)19-12-6-4-5-7-13(12)23-16/h4-10H,1-3H3,(H,18,21)(H,19,22)/t16-/m0/s1. The SMILES string of the molecule is CC(C)n1cc(NC(=O)[C@]2(C)Sc3ccccc3NC2=O)cn1. The second-order valence-electron chi connectivity index (χ2n) is 5.84. The third kappa shape index (κ3) is 2.84. The number of rotatable bonds is 3. The largest absolute Gasteiger partial charge is 0.323 e. The summed E-state index contributed by atoms with van der Waals surface area (Å²) in [4.78, 5) is 25.9. The summed E-state index contributed by atoms with van der Waals surface area (Å²) in [5.41, 5.74) is 1.32. The molecule has 0 saturated carbocycles. The normalized spacial score (nSPS) is 20.1. The van der Waals surface area contributed by atoms with E-state index < -0.39 is 4.75 Å². The zero-order valence-electron chi connectivity index (χ0n) is 13.2. The van der Waals surface area contributed by atoms with Gasteiger partial charge in [0.1, 0.15) is 0 Å². The van der Waals surface area contributed by atoms with Gasteiger partial charge in [0.25, 0.3) is 0 Å². The molecule has 7 heteroatoms. The van der Waals surface area contributed by atoms with Crippen molar-refractivity contribution < 1.29 is 9.59 Å². The molecular formula is C16H18N4O2S. The van der Waals surface area contributed by atoms with Crippen LogP contribution in [0, 0.1) is 0 Å². The number of aromatic nitrogens is 2. The molecule has 2 aromatic rings. The summed E-state index contributed by atoms with van der Waals surface area (Å²) in [6.45, 7) is 5.63. The van der Waals surface area contributed by atoms with Crippen molar-refractivity contribution in [3.63, 3.8) is 0 Å². The predicted octanol–water partition coefficient (Wildman–Crippen LogP) is 2.91. The third-order valence-corrected chi connectivity index (χ3v) is 5.06. The third-order valence-electron chi connectivity index (χ3n) is 3.70. The monoisotopic (exact) mass is 330 g/mol. The van der Waals surface area contributed by atoms with Gasteiger partial charge in [-0.25, -0.2) is 0 Å². The molecule has 1 aromatic heterocycles. The maximum Gasteiger partial charge on any atom is 0.250 e. The molecular weight excluding hydrogens is 312 g/mol. The van der Waals surface area contributed by atoms with Crippen molar-refractivity contribution >= 4 is 35.0 Å². The highest BCUT2D eigenvalue weighted by molar-refractivity contribution is 8.02. The molecule has 0 unspecified atom stereocenters. The number of amides is 2. The molecule has 3 rings (SSSR count). The van der Waals surface area contributed by atoms with E-state index in [9.17, 15) is 9.59 Å². The Balaban J connectivity index is 1.82. The summed E-state index contributed by atoms with van der Waals surface area (Å²) in [5.74, 6) is -0.687. The van der Waals surface area contributed by atoms with Crippen LogP contribution in [-0.4, -0.2) is 26.3 Å². The Morgan fingerprint density at radius 3 is 2.83 bits per heavy atom. The number of hydrogen-bond donors (Lipinski definition) is 2. The van der Waals surface area contributed by atoms with Crippen LogP contribution < -0.4 is 10.6 Å². The number of carbonyl (C=O) groups excluding carboxylic acids is 2. The lowest BCUT2D eigenvalue weighted by Gasteiger charge is -2.31. The second-order valence-corrected chi connectivity index (χ2v) is 7.30. The fraction of sp³-hybridized carbons (Fsp3) is 0.312. The molecule has 1 atom stereocenters. The summed E-state index contributed by atoms with van der Waals surface area (Å²) in [6, 6.07) is 7.65. The molecule has 1 aliphatic rings. The van der Waals surface area contributed by atoms with Crippen LogP contribution in [0.3, 0.4) is 0 Å². The highest BCUT2D eigenvalue weighted by Gasteiger charge is 2.45. The number of hydrogen-bond acceptors (Lipinski definition) is 4. The van der Waals surface area contributed by atoms with E-state index in [1.165, 1.54) is 11.8 Å². The number of carbonyl (C=O) groups is 2. The molecule has 0 fully saturated rings. The number of nitrogens with one attached hydrogen (secondary N) is 2. The van der Waals surface area contributed by atoms with Gasteiger partial charge >= 0.3 is 0 Å². The smallest absolute Gasteiger partial charge is 0.250 e. The van der Waals surface area contributed by atoms with Crippen LogP contribution in [-0.2, 0) is 9.59 Å². The fourth-order valence-corrected chi connectivity index (χ4v) is 3.35. The van der Waals surface area contributed by atoms with Crippen LogP contribution >= 0.6 is 11.8 Å². The van der Waals surface area contributed by atoms with Crippen molar-refractivity contribution in [2.24, 2.45) is 0 Å². The van der Waals surface area contributed by atoms with Gasteiger partial charge in [0, 0.05) is 17.1 Å². The maximum atomic E-state index is 12.7. The minimum absolute atomic E-state index is 0.204. The summed E-state index contributed by atoms with van der Waals surface area (Å²) in [7, 11) is 0. The van der Waals surface area contributed by atoms with Crippen LogP contribution in [0.4, 0.5) is 11.4 Å². The molecule has 1 aliphatic heterocycles. The van der Waals surface area contributed by atoms with Gasteiger partial charge in [-0.3, -0.25) is 14.3 Å². The topological polar surface area (TPSA) is 76.0 Å². The Morgan fingerprint density at radius 2 is 2.13 bits per heavy atom. The molecule has 0 radical (unpaired) electrons. The van der Waals surface area contributed by atoms with Crippen molar-refractivity contribution in [3.05, 3.63) is 36.7 Å². The number of nitrogens with zero attached hydrogens (tertiary/aromatic N) is 2. The Bertz CT molecular complexity index is 771. The minimum Gasteiger partial charge on any atom is -0.323 e. The zero-order chi connectivity index (χ0) is 16.6. The van der Waals surface area contributed by atoms with E-state index in [4.69, 9.17) is 0 Å². The average Bonchev–Trinajstić information content (AvgIpc) is 2.97. The molecule has 2 N–H and O–H groups in total. The Morgan fingerprint density at radius 1 is 1.39 bits per heavy atom. The van der Waals surface area contributed by atoms with Gasteiger partial charge < -0.3 is 10.6 Å². The van der Waals surface area contributed by atoms with E-state index in [-0.39, 0.29) is 17.9 Å². The first-order chi connectivity index (χ1) is 10.9. The van der Waals surface area contributed by atoms with Gasteiger partial charge in [0.2, 0.25) is 11.8 Å². The average molecular weight is 330 g/mol. The molecule has 0 saturated heterocycles. The van der Waals surface area contributed by atoms with E-state index in [1.807, 2.05) is 38.1 Å². The van der Waals surface area contributed by atoms with Crippen LogP contribution in [0.15, 0.2) is 41.6 Å². The number of anilines is 2. The first-order valence-corrected chi connectivity index (χ1v) is 8.17. The Kier molecular flexibility index (Phi) is 3.89. The van der Waals surface area contributed by atoms with Crippen LogP contribution in [0.1, 0.15) is 26.8 Å². The van der Waals surface area contributed by atoms with E-state index in [0.29, 0.717) is 5.69 Å². The number of para-hydroxylation sites is 1. The molecule has 2 heterocycles. The summed E-state index contributed by atoms with van der Waals surface area (Å²) in [6.07, 6.45) is 3.34. The lowest BCUT2D eigenvalue weighted by atomic mass is 10.1. The van der Waals surface area contributed by atoms with Crippen molar-refractivity contribution in [1.82, 2.24) is 9.78 Å². The summed E-state index contributed by atoms with van der Waals surface area (Å²) < 4.78 is 0.523. The highest BCUT2D eigenvalue weighted by Crippen LogP contribution is 2.42. The van der Waals surface area contributed by atoms with Crippen molar-refractivity contribution in [2.75, 3.05) is 10.6 Å². The lowest BCUT2D eigenvalue weighted by molar-refractivity contribution is -0.126. The van der Waals surface area contributed by atoms with Gasteiger partial charge in [-0.1, -0.05) is 23.9 Å². The molecule has 0 aliphatic carbocycles. The lowest BCUT2D eigenvalue weighted by Crippen LogP contribution is -2.49. The molecule has 2 amide bonds. The molecule has 1 aromatic carbocycles. The van der Waals surface area contributed by atoms with Crippen LogP contribution in [0.2, 0.25) is 0 Å². The van der Waals surface area contributed by atoms with E-state index in [1.54, 1.807) is 24.0 Å². The fourth-order valence-electron chi connectivity index (χ4n) is 2.25. The van der Waals surface area contributed by atoms with Gasteiger partial charge in [-0.15, -0.1) is 0 Å². The summed E-state index contributed by atoms with van der Waals surface area (Å²) in [5, 5.41) is 9.77. The number of thioether (sulfide) groups is 1. The Labute approximate surface area is 138 Å². The minimum atomic E-state index is -1.23. The molecule has 120 valence electrons. The second kappa shape index (κ2) is 5.73. The first-order valence-electron chi connectivity index (χ1n) is 7.35. The molecule has 0 spiro atoms. The summed E-state index contributed by atoms with van der Waals surface area (Å²) >= 11 is 1.26. The van der Waals surface area contributed by atoms with Crippen molar-refractivity contribution in [3.8, 4) is 0 Å². The van der Waals surface area contributed by atoms with Crippen LogP contribution in [0.25, 0.3) is 0 Å². The number of benzene rings is 1. The number of fused-ring (bicyclic) bond motifs is 1. The van der Waals surface area contributed by atoms with Crippen molar-refractivity contribution in [1.29, 1.82) is 0 Å². The predicted molar refractivity (Wildman–Crippen MR) is 90.6 cm³/mol. The molecule has 0 bridgehead atoms. The van der Waals surface area contributed by atoms with E-state index in [0.717, 1.165) is 10.6 Å². The van der Waals surface area contributed by atoms with Gasteiger partial charge in [0.05, 0.1) is 17.6 Å².